The molecule has 0 aliphatic carbocycles. The summed E-state index contributed by atoms with van der Waals surface area (Å²) in [5.74, 6) is -0.514. The molecule has 1 aliphatic heterocycles. The average molecular weight is 426 g/mol. The number of esters is 1. The summed E-state index contributed by atoms with van der Waals surface area (Å²) in [7, 11) is 0. The lowest BCUT2D eigenvalue weighted by atomic mass is 9.94. The molecular weight excluding hydrogens is 399 g/mol. The topological polar surface area (TPSA) is 67.9 Å². The summed E-state index contributed by atoms with van der Waals surface area (Å²) in [4.78, 5) is 27.2. The molecule has 0 radical (unpaired) electrons. The minimum Gasteiger partial charge on any atom is -0.487 e. The smallest absolute Gasteiger partial charge is 0.338 e. The zero-order chi connectivity index (χ0) is 22.5. The van der Waals surface area contributed by atoms with Gasteiger partial charge in [-0.2, -0.15) is 0 Å². The molecule has 164 valence electrons. The molecular formula is C24H27FN2O4. The Kier molecular flexibility index (Phi) is 6.95. The number of carbonyl (C=O) groups excluding carboxylic acids is 2. The molecule has 3 rings (SSSR count). The van der Waals surface area contributed by atoms with E-state index in [0.717, 1.165) is 11.1 Å². The molecule has 6 nitrogen and oxygen atoms in total. The van der Waals surface area contributed by atoms with Crippen molar-refractivity contribution in [2.24, 2.45) is 0 Å². The van der Waals surface area contributed by atoms with Gasteiger partial charge in [-0.25, -0.2) is 14.0 Å². The van der Waals surface area contributed by atoms with E-state index < -0.39 is 23.9 Å². The molecule has 1 heterocycles. The number of nitrogens with zero attached hydrogens (tertiary/aromatic N) is 1. The largest absolute Gasteiger partial charge is 0.487 e. The molecule has 2 amide bonds. The summed E-state index contributed by atoms with van der Waals surface area (Å²) in [6.07, 6.45) is 0. The SMILES string of the molecule is CCOC(=O)C1=C(COc2cc(C)cc(C)c2)N(CC)C(=O)N[C@@H]1c1ccccc1F. The van der Waals surface area contributed by atoms with Crippen LogP contribution in [-0.2, 0) is 9.53 Å². The summed E-state index contributed by atoms with van der Waals surface area (Å²) >= 11 is 0. The number of hydrogen-bond donors (Lipinski definition) is 1. The molecule has 7 heteroatoms. The van der Waals surface area contributed by atoms with Crippen LogP contribution in [0.1, 0.15) is 36.6 Å². The first-order valence-corrected chi connectivity index (χ1v) is 10.3. The van der Waals surface area contributed by atoms with Crippen LogP contribution in [0.5, 0.6) is 5.75 Å². The van der Waals surface area contributed by atoms with E-state index in [2.05, 4.69) is 5.32 Å². The molecule has 0 fully saturated rings. The molecule has 0 spiro atoms. The lowest BCUT2D eigenvalue weighted by molar-refractivity contribution is -0.139. The van der Waals surface area contributed by atoms with Crippen molar-refractivity contribution in [2.75, 3.05) is 19.8 Å². The number of benzene rings is 2. The predicted octanol–water partition coefficient (Wildman–Crippen LogP) is 4.42. The number of nitrogens with one attached hydrogen (secondary N) is 1. The number of rotatable bonds is 7. The quantitative estimate of drug-likeness (QED) is 0.666. The van der Waals surface area contributed by atoms with E-state index in [1.165, 1.54) is 11.0 Å². The van der Waals surface area contributed by atoms with Gasteiger partial charge in [0.05, 0.1) is 23.9 Å². The van der Waals surface area contributed by atoms with Gasteiger partial charge in [-0.15, -0.1) is 0 Å². The van der Waals surface area contributed by atoms with E-state index >= 15 is 0 Å². The number of amides is 2. The molecule has 1 N–H and O–H groups in total. The Labute approximate surface area is 181 Å². The van der Waals surface area contributed by atoms with Crippen LogP contribution >= 0.6 is 0 Å². The zero-order valence-electron chi connectivity index (χ0n) is 18.2. The summed E-state index contributed by atoms with van der Waals surface area (Å²) in [5.41, 5.74) is 2.79. The van der Waals surface area contributed by atoms with Gasteiger partial charge in [-0.1, -0.05) is 24.3 Å². The molecule has 0 aromatic heterocycles. The Balaban J connectivity index is 2.09. The third-order valence-corrected chi connectivity index (χ3v) is 5.04. The fourth-order valence-corrected chi connectivity index (χ4v) is 3.75. The van der Waals surface area contributed by atoms with Crippen LogP contribution in [0.4, 0.5) is 9.18 Å². The van der Waals surface area contributed by atoms with Gasteiger partial charge < -0.3 is 14.8 Å². The van der Waals surface area contributed by atoms with E-state index in [1.54, 1.807) is 32.0 Å². The fourth-order valence-electron chi connectivity index (χ4n) is 3.75. The molecule has 0 unspecified atom stereocenters. The predicted molar refractivity (Wildman–Crippen MR) is 115 cm³/mol. The monoisotopic (exact) mass is 426 g/mol. The Bertz CT molecular complexity index is 998. The molecule has 0 saturated carbocycles. The van der Waals surface area contributed by atoms with Crippen molar-refractivity contribution in [3.05, 3.63) is 76.2 Å². The second kappa shape index (κ2) is 9.64. The van der Waals surface area contributed by atoms with E-state index in [4.69, 9.17) is 9.47 Å². The molecule has 31 heavy (non-hydrogen) atoms. The Morgan fingerprint density at radius 1 is 1.13 bits per heavy atom. The van der Waals surface area contributed by atoms with Gasteiger partial charge in [-0.05, 0) is 57.0 Å². The summed E-state index contributed by atoms with van der Waals surface area (Å²) in [6, 6.07) is 10.4. The number of hydrogen-bond acceptors (Lipinski definition) is 4. The highest BCUT2D eigenvalue weighted by Gasteiger charge is 2.39. The van der Waals surface area contributed by atoms with Gasteiger partial charge in [0, 0.05) is 12.1 Å². The van der Waals surface area contributed by atoms with Crippen LogP contribution in [0.25, 0.3) is 0 Å². The van der Waals surface area contributed by atoms with E-state index in [0.29, 0.717) is 18.0 Å². The zero-order valence-corrected chi connectivity index (χ0v) is 18.2. The maximum absolute atomic E-state index is 14.6. The van der Waals surface area contributed by atoms with Gasteiger partial charge in [0.1, 0.15) is 18.2 Å². The average Bonchev–Trinajstić information content (AvgIpc) is 2.71. The van der Waals surface area contributed by atoms with E-state index in [1.807, 2.05) is 32.0 Å². The van der Waals surface area contributed by atoms with Crippen molar-refractivity contribution in [1.29, 1.82) is 0 Å². The van der Waals surface area contributed by atoms with Crippen molar-refractivity contribution < 1.29 is 23.5 Å². The third kappa shape index (κ3) is 4.87. The highest BCUT2D eigenvalue weighted by Crippen LogP contribution is 2.33. The van der Waals surface area contributed by atoms with Gasteiger partial charge >= 0.3 is 12.0 Å². The molecule has 2 aromatic carbocycles. The second-order valence-corrected chi connectivity index (χ2v) is 7.34. The van der Waals surface area contributed by atoms with Crippen molar-refractivity contribution in [3.8, 4) is 5.75 Å². The molecule has 0 bridgehead atoms. The summed E-state index contributed by atoms with van der Waals surface area (Å²) in [5, 5.41) is 2.74. The van der Waals surface area contributed by atoms with Gasteiger partial charge in [0.2, 0.25) is 0 Å². The number of likely N-dealkylation sites (N-methyl/N-ethyl adjacent to an activating group) is 1. The minimum absolute atomic E-state index is 0.0384. The van der Waals surface area contributed by atoms with Crippen molar-refractivity contribution in [3.63, 3.8) is 0 Å². The molecule has 1 atom stereocenters. The van der Waals surface area contributed by atoms with Crippen LogP contribution in [0, 0.1) is 19.7 Å². The second-order valence-electron chi connectivity index (χ2n) is 7.34. The maximum Gasteiger partial charge on any atom is 0.338 e. The Hall–Kier alpha value is -3.35. The van der Waals surface area contributed by atoms with Crippen LogP contribution in [-0.4, -0.2) is 36.7 Å². The third-order valence-electron chi connectivity index (χ3n) is 5.04. The summed E-state index contributed by atoms with van der Waals surface area (Å²) in [6.45, 7) is 7.84. The van der Waals surface area contributed by atoms with Crippen LogP contribution in [0.3, 0.4) is 0 Å². The first-order valence-electron chi connectivity index (χ1n) is 10.3. The first-order chi connectivity index (χ1) is 14.8. The number of urea groups is 1. The first kappa shape index (κ1) is 22.3. The summed E-state index contributed by atoms with van der Waals surface area (Å²) < 4.78 is 25.8. The van der Waals surface area contributed by atoms with Gasteiger partial charge in [-0.3, -0.25) is 4.90 Å². The molecule has 1 aliphatic rings. The Morgan fingerprint density at radius 2 is 1.81 bits per heavy atom. The fraction of sp³-hybridized carbons (Fsp3) is 0.333. The lowest BCUT2D eigenvalue weighted by Gasteiger charge is -2.36. The van der Waals surface area contributed by atoms with Crippen molar-refractivity contribution in [2.45, 2.75) is 33.7 Å². The van der Waals surface area contributed by atoms with Crippen LogP contribution < -0.4 is 10.1 Å². The van der Waals surface area contributed by atoms with Crippen molar-refractivity contribution in [1.82, 2.24) is 10.2 Å². The molecule has 0 saturated heterocycles. The number of halogens is 1. The van der Waals surface area contributed by atoms with Crippen LogP contribution in [0.15, 0.2) is 53.7 Å². The minimum atomic E-state index is -0.978. The highest BCUT2D eigenvalue weighted by molar-refractivity contribution is 5.95. The number of ether oxygens (including phenoxy) is 2. The van der Waals surface area contributed by atoms with Gasteiger partial charge in [0.15, 0.2) is 0 Å². The standard InChI is InChI=1S/C24H27FN2O4/c1-5-27-20(14-31-17-12-15(3)11-16(4)13-17)21(23(28)30-6-2)22(26-24(27)29)18-9-7-8-10-19(18)25/h7-13,22H,5-6,14H2,1-4H3,(H,26,29)/t22-/m1/s1. The number of carbonyl (C=O) groups is 2. The lowest BCUT2D eigenvalue weighted by Crippen LogP contribution is -2.49. The van der Waals surface area contributed by atoms with Crippen molar-refractivity contribution >= 4 is 12.0 Å². The number of aryl methyl sites for hydroxylation is 2. The van der Waals surface area contributed by atoms with Crippen LogP contribution in [0.2, 0.25) is 0 Å². The normalized spacial score (nSPS) is 16.2. The molecule has 2 aromatic rings. The van der Waals surface area contributed by atoms with Gasteiger partial charge in [0.25, 0.3) is 0 Å². The maximum atomic E-state index is 14.6. The van der Waals surface area contributed by atoms with E-state index in [-0.39, 0.29) is 24.4 Å². The Morgan fingerprint density at radius 3 is 2.42 bits per heavy atom. The highest BCUT2D eigenvalue weighted by atomic mass is 19.1. The van der Waals surface area contributed by atoms with E-state index in [9.17, 15) is 14.0 Å².